The predicted molar refractivity (Wildman–Crippen MR) is 142 cm³/mol. The van der Waals surface area contributed by atoms with Gasteiger partial charge in [-0.05, 0) is 42.0 Å². The van der Waals surface area contributed by atoms with Crippen molar-refractivity contribution < 1.29 is 9.59 Å². The number of thioether (sulfide) groups is 1. The van der Waals surface area contributed by atoms with Gasteiger partial charge >= 0.3 is 0 Å². The lowest BCUT2D eigenvalue weighted by molar-refractivity contribution is -0.113. The Hall–Kier alpha value is -2.84. The number of hydrogen-bond acceptors (Lipinski definition) is 5. The van der Waals surface area contributed by atoms with Crippen LogP contribution in [0.1, 0.15) is 67.8 Å². The second kappa shape index (κ2) is 12.2. The van der Waals surface area contributed by atoms with Gasteiger partial charge < -0.3 is 15.2 Å². The zero-order chi connectivity index (χ0) is 25.5. The van der Waals surface area contributed by atoms with Gasteiger partial charge in [0.15, 0.2) is 11.0 Å². The number of rotatable bonds is 10. The number of anilines is 1. The average molecular weight is 514 g/mol. The Labute approximate surface area is 216 Å². The molecule has 1 aromatic heterocycles. The third kappa shape index (κ3) is 7.08. The lowest BCUT2D eigenvalue weighted by Gasteiger charge is -2.20. The van der Waals surface area contributed by atoms with Crippen molar-refractivity contribution in [1.29, 1.82) is 0 Å². The molecule has 35 heavy (non-hydrogen) atoms. The first kappa shape index (κ1) is 26.8. The molecular weight excluding hydrogens is 482 g/mol. The number of benzene rings is 2. The number of para-hydroxylation sites is 1. The zero-order valence-corrected chi connectivity index (χ0v) is 22.3. The van der Waals surface area contributed by atoms with Crippen LogP contribution in [0.25, 0.3) is 0 Å². The van der Waals surface area contributed by atoms with Crippen molar-refractivity contribution in [3.8, 4) is 0 Å². The van der Waals surface area contributed by atoms with E-state index in [-0.39, 0.29) is 23.6 Å². The summed E-state index contributed by atoms with van der Waals surface area (Å²) in [5.74, 6) is 1.07. The van der Waals surface area contributed by atoms with Crippen LogP contribution >= 0.6 is 23.4 Å². The summed E-state index contributed by atoms with van der Waals surface area (Å²) in [6.07, 6.45) is 0.680. The van der Waals surface area contributed by atoms with Crippen molar-refractivity contribution in [2.24, 2.45) is 13.0 Å². The number of hydrogen-bond donors (Lipinski definition) is 2. The Morgan fingerprint density at radius 3 is 2.40 bits per heavy atom. The molecule has 0 unspecified atom stereocenters. The molecule has 0 aliphatic rings. The van der Waals surface area contributed by atoms with Crippen molar-refractivity contribution in [1.82, 2.24) is 20.1 Å². The average Bonchev–Trinajstić information content (AvgIpc) is 3.17. The van der Waals surface area contributed by atoms with E-state index < -0.39 is 0 Å². The number of carbonyl (C=O) groups excluding carboxylic acids is 2. The van der Waals surface area contributed by atoms with Gasteiger partial charge in [0, 0.05) is 12.7 Å². The molecule has 3 aromatic rings. The van der Waals surface area contributed by atoms with Crippen LogP contribution < -0.4 is 10.6 Å². The summed E-state index contributed by atoms with van der Waals surface area (Å²) in [6.45, 7) is 8.36. The molecule has 2 amide bonds. The van der Waals surface area contributed by atoms with Gasteiger partial charge in [0.25, 0.3) is 5.91 Å². The van der Waals surface area contributed by atoms with E-state index in [0.29, 0.717) is 39.8 Å². The highest BCUT2D eigenvalue weighted by Gasteiger charge is 2.24. The number of carbonyl (C=O) groups is 2. The van der Waals surface area contributed by atoms with E-state index in [4.69, 9.17) is 11.6 Å². The molecule has 0 bridgehead atoms. The number of nitrogens with zero attached hydrogens (tertiary/aromatic N) is 3. The van der Waals surface area contributed by atoms with Gasteiger partial charge in [-0.3, -0.25) is 9.59 Å². The normalized spacial score (nSPS) is 12.1. The minimum Gasteiger partial charge on any atom is -0.342 e. The van der Waals surface area contributed by atoms with Crippen molar-refractivity contribution in [3.63, 3.8) is 0 Å². The van der Waals surface area contributed by atoms with Crippen LogP contribution in [0.2, 0.25) is 5.02 Å². The van der Waals surface area contributed by atoms with Crippen LogP contribution in [-0.4, -0.2) is 32.3 Å². The molecule has 0 aliphatic heterocycles. The van der Waals surface area contributed by atoms with Crippen molar-refractivity contribution in [2.75, 3.05) is 11.1 Å². The maximum absolute atomic E-state index is 12.9. The molecule has 2 aromatic carbocycles. The molecule has 0 radical (unpaired) electrons. The SMILES string of the molecule is CC(C)C[C@@H](NC(=O)c1ccccc1Cl)c1nnc(SCC(=O)Nc2ccccc2C(C)C)n1C. The standard InChI is InChI=1S/C26H32ClN5O2S/c1-16(2)14-22(29-25(34)19-11-6-8-12-20(19)27)24-30-31-26(32(24)5)35-15-23(33)28-21-13-9-7-10-18(21)17(3)4/h6-13,16-17,22H,14-15H2,1-5H3,(H,28,33)(H,29,34)/t22-/m1/s1. The van der Waals surface area contributed by atoms with Gasteiger partial charge in [-0.1, -0.05) is 81.4 Å². The van der Waals surface area contributed by atoms with E-state index in [1.54, 1.807) is 24.3 Å². The van der Waals surface area contributed by atoms with Crippen LogP contribution in [-0.2, 0) is 11.8 Å². The smallest absolute Gasteiger partial charge is 0.253 e. The summed E-state index contributed by atoms with van der Waals surface area (Å²) in [5.41, 5.74) is 2.33. The molecule has 7 nitrogen and oxygen atoms in total. The summed E-state index contributed by atoms with van der Waals surface area (Å²) in [6, 6.07) is 14.4. The molecule has 1 atom stereocenters. The molecule has 0 spiro atoms. The van der Waals surface area contributed by atoms with E-state index in [1.165, 1.54) is 11.8 Å². The molecule has 3 rings (SSSR count). The van der Waals surface area contributed by atoms with Gasteiger partial charge in [-0.15, -0.1) is 10.2 Å². The van der Waals surface area contributed by atoms with Crippen molar-refractivity contribution >= 4 is 40.9 Å². The number of amides is 2. The third-order valence-corrected chi connectivity index (χ3v) is 6.85. The summed E-state index contributed by atoms with van der Waals surface area (Å²) in [5, 5.41) is 15.7. The Morgan fingerprint density at radius 1 is 1.03 bits per heavy atom. The molecule has 186 valence electrons. The number of aromatic nitrogens is 3. The molecule has 0 saturated heterocycles. The minimum atomic E-state index is -0.350. The van der Waals surface area contributed by atoms with Gasteiger partial charge in [-0.25, -0.2) is 0 Å². The molecule has 1 heterocycles. The quantitative estimate of drug-likeness (QED) is 0.332. The molecular formula is C26H32ClN5O2S. The minimum absolute atomic E-state index is 0.113. The van der Waals surface area contributed by atoms with Crippen LogP contribution in [0.4, 0.5) is 5.69 Å². The first-order valence-corrected chi connectivity index (χ1v) is 13.0. The maximum Gasteiger partial charge on any atom is 0.253 e. The summed E-state index contributed by atoms with van der Waals surface area (Å²) in [4.78, 5) is 25.5. The van der Waals surface area contributed by atoms with Gasteiger partial charge in [-0.2, -0.15) is 0 Å². The first-order chi connectivity index (χ1) is 16.7. The molecule has 9 heteroatoms. The highest BCUT2D eigenvalue weighted by molar-refractivity contribution is 7.99. The molecule has 0 aliphatic carbocycles. The number of halogens is 1. The van der Waals surface area contributed by atoms with Crippen LogP contribution in [0.5, 0.6) is 0 Å². The Kier molecular flexibility index (Phi) is 9.34. The van der Waals surface area contributed by atoms with Gasteiger partial charge in [0.05, 0.1) is 22.4 Å². The fourth-order valence-electron chi connectivity index (χ4n) is 3.77. The molecule has 2 N–H and O–H groups in total. The first-order valence-electron chi connectivity index (χ1n) is 11.6. The third-order valence-electron chi connectivity index (χ3n) is 5.50. The Bertz CT molecular complexity index is 1180. The summed E-state index contributed by atoms with van der Waals surface area (Å²) >= 11 is 7.52. The summed E-state index contributed by atoms with van der Waals surface area (Å²) in [7, 11) is 1.85. The van der Waals surface area contributed by atoms with E-state index in [0.717, 1.165) is 11.3 Å². The van der Waals surface area contributed by atoms with Crippen LogP contribution in [0.3, 0.4) is 0 Å². The van der Waals surface area contributed by atoms with Crippen LogP contribution in [0.15, 0.2) is 53.7 Å². The van der Waals surface area contributed by atoms with E-state index in [1.807, 2.05) is 35.9 Å². The van der Waals surface area contributed by atoms with Gasteiger partial charge in [0.2, 0.25) is 5.91 Å². The molecule has 0 saturated carbocycles. The fourth-order valence-corrected chi connectivity index (χ4v) is 4.71. The molecule has 0 fully saturated rings. The van der Waals surface area contributed by atoms with Gasteiger partial charge in [0.1, 0.15) is 0 Å². The van der Waals surface area contributed by atoms with Crippen molar-refractivity contribution in [3.05, 3.63) is 70.5 Å². The highest BCUT2D eigenvalue weighted by atomic mass is 35.5. The van der Waals surface area contributed by atoms with Crippen molar-refractivity contribution in [2.45, 2.75) is 51.2 Å². The number of nitrogens with one attached hydrogen (secondary N) is 2. The second-order valence-corrected chi connectivity index (χ2v) is 10.5. The largest absolute Gasteiger partial charge is 0.342 e. The van der Waals surface area contributed by atoms with E-state index >= 15 is 0 Å². The highest BCUT2D eigenvalue weighted by Crippen LogP contribution is 2.26. The fraction of sp³-hybridized carbons (Fsp3) is 0.385. The Balaban J connectivity index is 1.70. The second-order valence-electron chi connectivity index (χ2n) is 9.11. The predicted octanol–water partition coefficient (Wildman–Crippen LogP) is 5.84. The zero-order valence-electron chi connectivity index (χ0n) is 20.7. The summed E-state index contributed by atoms with van der Waals surface area (Å²) < 4.78 is 1.83. The van der Waals surface area contributed by atoms with E-state index in [2.05, 4.69) is 48.5 Å². The lowest BCUT2D eigenvalue weighted by atomic mass is 10.0. The maximum atomic E-state index is 12.9. The monoisotopic (exact) mass is 513 g/mol. The Morgan fingerprint density at radius 2 is 1.71 bits per heavy atom. The van der Waals surface area contributed by atoms with Crippen LogP contribution in [0, 0.1) is 5.92 Å². The van der Waals surface area contributed by atoms with E-state index in [9.17, 15) is 9.59 Å². The lowest BCUT2D eigenvalue weighted by Crippen LogP contribution is -2.31. The topological polar surface area (TPSA) is 88.9 Å².